The number of pyridine rings is 1. The van der Waals surface area contributed by atoms with Crippen LogP contribution in [-0.4, -0.2) is 12.1 Å². The lowest BCUT2D eigenvalue weighted by Crippen LogP contribution is -2.14. The summed E-state index contributed by atoms with van der Waals surface area (Å²) < 4.78 is 45.4. The van der Waals surface area contributed by atoms with Crippen LogP contribution in [0.5, 0.6) is 5.75 Å². The topological polar surface area (TPSA) is 57.9 Å². The summed E-state index contributed by atoms with van der Waals surface area (Å²) in [7, 11) is 1.45. The molecule has 4 nitrogen and oxygen atoms in total. The fourth-order valence-electron chi connectivity index (χ4n) is 2.66. The molecule has 0 saturated carbocycles. The van der Waals surface area contributed by atoms with Gasteiger partial charge in [-0.25, -0.2) is 4.98 Å². The number of nitrogens with zero attached hydrogens (tertiary/aromatic N) is 2. The van der Waals surface area contributed by atoms with Crippen molar-refractivity contribution >= 4 is 28.2 Å². The Morgan fingerprint density at radius 3 is 2.48 bits per heavy atom. The summed E-state index contributed by atoms with van der Waals surface area (Å²) >= 11 is 5.85. The second-order valence-electron chi connectivity index (χ2n) is 5.68. The highest BCUT2D eigenvalue weighted by Gasteiger charge is 2.37. The van der Waals surface area contributed by atoms with Crippen molar-refractivity contribution in [2.24, 2.45) is 0 Å². The zero-order chi connectivity index (χ0) is 19.6. The van der Waals surface area contributed by atoms with Crippen molar-refractivity contribution in [1.29, 1.82) is 5.26 Å². The second kappa shape index (κ2) is 7.33. The number of benzene rings is 2. The van der Waals surface area contributed by atoms with Crippen molar-refractivity contribution in [1.82, 2.24) is 4.98 Å². The van der Waals surface area contributed by atoms with Crippen LogP contribution in [0.3, 0.4) is 0 Å². The number of methoxy groups -OCH3 is 1. The van der Waals surface area contributed by atoms with Crippen LogP contribution in [0.4, 0.5) is 18.9 Å². The smallest absolute Gasteiger partial charge is 0.434 e. The van der Waals surface area contributed by atoms with Gasteiger partial charge in [-0.1, -0.05) is 23.7 Å². The van der Waals surface area contributed by atoms with Crippen LogP contribution in [0, 0.1) is 11.3 Å². The number of ether oxygens (including phenoxy) is 1. The van der Waals surface area contributed by atoms with E-state index < -0.39 is 17.4 Å². The van der Waals surface area contributed by atoms with Gasteiger partial charge in [-0.3, -0.25) is 0 Å². The Morgan fingerprint density at radius 2 is 1.89 bits per heavy atom. The Morgan fingerprint density at radius 1 is 1.19 bits per heavy atom. The molecule has 0 aliphatic carbocycles. The van der Waals surface area contributed by atoms with Gasteiger partial charge in [-0.2, -0.15) is 18.4 Å². The van der Waals surface area contributed by atoms with Crippen molar-refractivity contribution in [3.8, 4) is 11.8 Å². The SMILES string of the molecule is COc1ccc2nc(C(F)(F)F)c(C#N)c(NCc3ccc(Cl)cc3)c2c1. The van der Waals surface area contributed by atoms with E-state index in [2.05, 4.69) is 10.3 Å². The number of nitriles is 1. The third-order valence-corrected chi connectivity index (χ3v) is 4.21. The number of rotatable bonds is 4. The Hall–Kier alpha value is -2.98. The number of fused-ring (bicyclic) bond motifs is 1. The molecule has 0 atom stereocenters. The van der Waals surface area contributed by atoms with E-state index in [1.807, 2.05) is 0 Å². The van der Waals surface area contributed by atoms with E-state index in [1.165, 1.54) is 19.2 Å². The molecule has 1 N–H and O–H groups in total. The van der Waals surface area contributed by atoms with E-state index in [0.29, 0.717) is 16.2 Å². The quantitative estimate of drug-likeness (QED) is 0.647. The van der Waals surface area contributed by atoms with Gasteiger partial charge in [-0.05, 0) is 35.9 Å². The number of halogens is 4. The lowest BCUT2D eigenvalue weighted by atomic mass is 10.0. The maximum absolute atomic E-state index is 13.4. The minimum atomic E-state index is -4.75. The van der Waals surface area contributed by atoms with Crippen molar-refractivity contribution in [3.05, 3.63) is 64.3 Å². The minimum Gasteiger partial charge on any atom is -0.497 e. The molecule has 0 amide bonds. The van der Waals surface area contributed by atoms with Crippen LogP contribution >= 0.6 is 11.6 Å². The molecule has 0 fully saturated rings. The summed E-state index contributed by atoms with van der Waals surface area (Å²) in [4.78, 5) is 3.66. The van der Waals surface area contributed by atoms with Gasteiger partial charge in [0.15, 0.2) is 5.69 Å². The maximum Gasteiger partial charge on any atom is 0.434 e. The number of alkyl halides is 3. The van der Waals surface area contributed by atoms with Crippen LogP contribution in [0.15, 0.2) is 42.5 Å². The third-order valence-electron chi connectivity index (χ3n) is 3.95. The first-order valence-electron chi connectivity index (χ1n) is 7.81. The Bertz CT molecular complexity index is 1030. The Balaban J connectivity index is 2.16. The fourth-order valence-corrected chi connectivity index (χ4v) is 2.79. The predicted molar refractivity (Wildman–Crippen MR) is 96.8 cm³/mol. The Kier molecular flexibility index (Phi) is 5.10. The average molecular weight is 392 g/mol. The maximum atomic E-state index is 13.4. The number of nitrogens with one attached hydrogen (secondary N) is 1. The first kappa shape index (κ1) is 18.8. The molecule has 8 heteroatoms. The number of hydrogen-bond donors (Lipinski definition) is 1. The fraction of sp³-hybridized carbons (Fsp3) is 0.158. The summed E-state index contributed by atoms with van der Waals surface area (Å²) in [5, 5.41) is 13.3. The van der Waals surface area contributed by atoms with E-state index in [0.717, 1.165) is 5.56 Å². The molecule has 0 radical (unpaired) electrons. The zero-order valence-electron chi connectivity index (χ0n) is 14.1. The normalized spacial score (nSPS) is 11.3. The van der Waals surface area contributed by atoms with Crippen molar-refractivity contribution in [2.45, 2.75) is 12.7 Å². The largest absolute Gasteiger partial charge is 0.497 e. The second-order valence-corrected chi connectivity index (χ2v) is 6.12. The van der Waals surface area contributed by atoms with Crippen LogP contribution in [0.1, 0.15) is 16.8 Å². The van der Waals surface area contributed by atoms with E-state index in [-0.39, 0.29) is 17.7 Å². The molecule has 0 bridgehead atoms. The van der Waals surface area contributed by atoms with Gasteiger partial charge >= 0.3 is 6.18 Å². The molecule has 27 heavy (non-hydrogen) atoms. The Labute approximate surface area is 158 Å². The molecule has 0 aliphatic rings. The molecule has 0 saturated heterocycles. The minimum absolute atomic E-state index is 0.0590. The molecule has 1 heterocycles. The number of hydrogen-bond acceptors (Lipinski definition) is 4. The summed E-state index contributed by atoms with van der Waals surface area (Å²) in [6.45, 7) is 0.208. The van der Waals surface area contributed by atoms with Crippen LogP contribution in [0.2, 0.25) is 5.02 Å². The number of anilines is 1. The zero-order valence-corrected chi connectivity index (χ0v) is 14.8. The average Bonchev–Trinajstić information content (AvgIpc) is 2.65. The van der Waals surface area contributed by atoms with Crippen molar-refractivity contribution < 1.29 is 17.9 Å². The van der Waals surface area contributed by atoms with Crippen LogP contribution in [-0.2, 0) is 12.7 Å². The van der Waals surface area contributed by atoms with Crippen molar-refractivity contribution in [2.75, 3.05) is 12.4 Å². The molecule has 2 aromatic carbocycles. The first-order chi connectivity index (χ1) is 12.8. The summed E-state index contributed by atoms with van der Waals surface area (Å²) in [6.07, 6.45) is -4.75. The van der Waals surface area contributed by atoms with Gasteiger partial charge in [0.25, 0.3) is 0 Å². The standard InChI is InChI=1S/C19H13ClF3N3O/c1-27-13-6-7-16-14(8-13)17(15(9-24)18(26-16)19(21,22)23)25-10-11-2-4-12(20)5-3-11/h2-8H,10H2,1H3,(H,25,26). The lowest BCUT2D eigenvalue weighted by molar-refractivity contribution is -0.141. The van der Waals surface area contributed by atoms with E-state index >= 15 is 0 Å². The van der Waals surface area contributed by atoms with E-state index in [1.54, 1.807) is 36.4 Å². The van der Waals surface area contributed by atoms with Gasteiger partial charge in [0.2, 0.25) is 0 Å². The molecular weight excluding hydrogens is 379 g/mol. The van der Waals surface area contributed by atoms with Gasteiger partial charge in [0.1, 0.15) is 17.4 Å². The highest BCUT2D eigenvalue weighted by atomic mass is 35.5. The van der Waals surface area contributed by atoms with E-state index in [4.69, 9.17) is 16.3 Å². The molecule has 1 aromatic heterocycles. The first-order valence-corrected chi connectivity index (χ1v) is 8.18. The van der Waals surface area contributed by atoms with Crippen LogP contribution in [0.25, 0.3) is 10.9 Å². The molecule has 0 spiro atoms. The van der Waals surface area contributed by atoms with E-state index in [9.17, 15) is 18.4 Å². The van der Waals surface area contributed by atoms with Gasteiger partial charge in [0, 0.05) is 17.0 Å². The van der Waals surface area contributed by atoms with Crippen LogP contribution < -0.4 is 10.1 Å². The molecule has 3 rings (SSSR count). The summed E-state index contributed by atoms with van der Waals surface area (Å²) in [6, 6.07) is 13.0. The molecule has 0 aliphatic heterocycles. The molecule has 3 aromatic rings. The molecular formula is C19H13ClF3N3O. The lowest BCUT2D eigenvalue weighted by Gasteiger charge is -2.17. The number of aromatic nitrogens is 1. The third kappa shape index (κ3) is 3.91. The monoisotopic (exact) mass is 391 g/mol. The van der Waals surface area contributed by atoms with Gasteiger partial charge in [-0.15, -0.1) is 0 Å². The summed E-state index contributed by atoms with van der Waals surface area (Å²) in [5.74, 6) is 0.447. The predicted octanol–water partition coefficient (Wildman–Crippen LogP) is 5.40. The highest BCUT2D eigenvalue weighted by molar-refractivity contribution is 6.30. The van der Waals surface area contributed by atoms with Gasteiger partial charge < -0.3 is 10.1 Å². The van der Waals surface area contributed by atoms with Crippen molar-refractivity contribution in [3.63, 3.8) is 0 Å². The van der Waals surface area contributed by atoms with Gasteiger partial charge in [0.05, 0.1) is 18.3 Å². The summed E-state index contributed by atoms with van der Waals surface area (Å²) in [5.41, 5.74) is -0.812. The highest BCUT2D eigenvalue weighted by Crippen LogP contribution is 2.38. The molecule has 138 valence electrons. The molecule has 0 unspecified atom stereocenters.